The molecule has 0 bridgehead atoms. The number of aromatic nitrogens is 2. The summed E-state index contributed by atoms with van der Waals surface area (Å²) in [7, 11) is -3.55. The normalized spacial score (nSPS) is 13.2. The zero-order valence-electron chi connectivity index (χ0n) is 11.8. The van der Waals surface area contributed by atoms with Crippen LogP contribution in [0.15, 0.2) is 47.6 Å². The fourth-order valence-electron chi connectivity index (χ4n) is 1.91. The van der Waals surface area contributed by atoms with Crippen LogP contribution in [-0.4, -0.2) is 29.8 Å². The third kappa shape index (κ3) is 4.38. The second-order valence-electron chi connectivity index (χ2n) is 4.77. The van der Waals surface area contributed by atoms with Crippen molar-refractivity contribution in [1.82, 2.24) is 14.5 Å². The maximum Gasteiger partial charge on any atom is 0.240 e. The number of nitrogens with zero attached hydrogens (tertiary/aromatic N) is 2. The Morgan fingerprint density at radius 3 is 2.86 bits per heavy atom. The number of aryl methyl sites for hydroxylation is 1. The highest BCUT2D eigenvalue weighted by Gasteiger charge is 2.14. The highest BCUT2D eigenvalue weighted by Crippen LogP contribution is 2.17. The summed E-state index contributed by atoms with van der Waals surface area (Å²) in [5.74, 6) is 0. The Kier molecular flexibility index (Phi) is 5.11. The molecule has 0 aliphatic heterocycles. The number of rotatable bonds is 7. The number of aliphatic hydroxyl groups is 1. The van der Waals surface area contributed by atoms with E-state index in [2.05, 4.69) is 9.82 Å². The van der Waals surface area contributed by atoms with Crippen molar-refractivity contribution in [3.05, 3.63) is 48.3 Å². The molecule has 1 atom stereocenters. The van der Waals surface area contributed by atoms with Crippen molar-refractivity contribution < 1.29 is 13.5 Å². The summed E-state index contributed by atoms with van der Waals surface area (Å²) < 4.78 is 28.6. The van der Waals surface area contributed by atoms with E-state index in [0.717, 1.165) is 0 Å². The lowest BCUT2D eigenvalue weighted by Gasteiger charge is -2.09. The largest absolute Gasteiger partial charge is 0.389 e. The first-order valence-corrected chi connectivity index (χ1v) is 8.22. The van der Waals surface area contributed by atoms with E-state index in [1.54, 1.807) is 29.9 Å². The summed E-state index contributed by atoms with van der Waals surface area (Å²) in [6, 6.07) is 8.15. The van der Waals surface area contributed by atoms with Crippen LogP contribution >= 0.6 is 0 Å². The topological polar surface area (TPSA) is 84.2 Å². The molecule has 1 aromatic heterocycles. The summed E-state index contributed by atoms with van der Waals surface area (Å²) in [6.07, 6.45) is 3.48. The molecule has 1 aromatic carbocycles. The van der Waals surface area contributed by atoms with E-state index >= 15 is 0 Å². The number of aliphatic hydroxyl groups excluding tert-OH is 1. The molecule has 2 N–H and O–H groups in total. The van der Waals surface area contributed by atoms with E-state index in [0.29, 0.717) is 25.1 Å². The van der Waals surface area contributed by atoms with E-state index in [1.165, 1.54) is 12.1 Å². The number of sulfonamides is 1. The quantitative estimate of drug-likeness (QED) is 0.755. The molecule has 2 aromatic rings. The van der Waals surface area contributed by atoms with Gasteiger partial charge in [-0.15, -0.1) is 0 Å². The SMILES string of the molecule is CC(O)c1cccc(S(=O)(=O)NCCCn2cccn2)c1. The van der Waals surface area contributed by atoms with E-state index in [4.69, 9.17) is 0 Å². The second kappa shape index (κ2) is 6.84. The fraction of sp³-hybridized carbons (Fsp3) is 0.357. The van der Waals surface area contributed by atoms with Crippen molar-refractivity contribution in [3.8, 4) is 0 Å². The van der Waals surface area contributed by atoms with E-state index in [1.807, 2.05) is 12.3 Å². The first-order valence-electron chi connectivity index (χ1n) is 6.74. The second-order valence-corrected chi connectivity index (χ2v) is 6.54. The first kappa shape index (κ1) is 15.7. The lowest BCUT2D eigenvalue weighted by molar-refractivity contribution is 0.199. The Balaban J connectivity index is 1.93. The van der Waals surface area contributed by atoms with Crippen molar-refractivity contribution >= 4 is 10.0 Å². The highest BCUT2D eigenvalue weighted by atomic mass is 32.2. The van der Waals surface area contributed by atoms with E-state index in [9.17, 15) is 13.5 Å². The summed E-state index contributed by atoms with van der Waals surface area (Å²) in [5, 5.41) is 13.6. The molecule has 114 valence electrons. The summed E-state index contributed by atoms with van der Waals surface area (Å²) in [5.41, 5.74) is 0.578. The van der Waals surface area contributed by atoms with Crippen molar-refractivity contribution in [2.45, 2.75) is 30.9 Å². The Morgan fingerprint density at radius 2 is 2.19 bits per heavy atom. The molecular weight excluding hydrogens is 290 g/mol. The molecule has 0 radical (unpaired) electrons. The maximum atomic E-state index is 12.2. The number of hydrogen-bond acceptors (Lipinski definition) is 4. The monoisotopic (exact) mass is 309 g/mol. The lowest BCUT2D eigenvalue weighted by atomic mass is 10.1. The van der Waals surface area contributed by atoms with Gasteiger partial charge in [0.2, 0.25) is 10.0 Å². The van der Waals surface area contributed by atoms with Gasteiger partial charge in [-0.1, -0.05) is 12.1 Å². The van der Waals surface area contributed by atoms with Crippen molar-refractivity contribution in [3.63, 3.8) is 0 Å². The van der Waals surface area contributed by atoms with Gasteiger partial charge in [0.1, 0.15) is 0 Å². The van der Waals surface area contributed by atoms with Crippen LogP contribution in [0.25, 0.3) is 0 Å². The average molecular weight is 309 g/mol. The standard InChI is InChI=1S/C14H19N3O3S/c1-12(18)13-5-2-6-14(11-13)21(19,20)16-8-4-10-17-9-3-7-15-17/h2-3,5-7,9,11-12,16,18H,4,8,10H2,1H3. The molecule has 0 aliphatic rings. The average Bonchev–Trinajstić information content (AvgIpc) is 2.97. The summed E-state index contributed by atoms with van der Waals surface area (Å²) in [6.45, 7) is 2.59. The van der Waals surface area contributed by atoms with E-state index < -0.39 is 16.1 Å². The Hall–Kier alpha value is -1.70. The minimum Gasteiger partial charge on any atom is -0.389 e. The lowest BCUT2D eigenvalue weighted by Crippen LogP contribution is -2.25. The highest BCUT2D eigenvalue weighted by molar-refractivity contribution is 7.89. The van der Waals surface area contributed by atoms with Gasteiger partial charge >= 0.3 is 0 Å². The summed E-state index contributed by atoms with van der Waals surface area (Å²) >= 11 is 0. The minimum atomic E-state index is -3.55. The van der Waals surface area contributed by atoms with Gasteiger partial charge in [0, 0.05) is 25.5 Å². The zero-order valence-corrected chi connectivity index (χ0v) is 12.6. The van der Waals surface area contributed by atoms with Gasteiger partial charge in [-0.05, 0) is 37.1 Å². The van der Waals surface area contributed by atoms with Gasteiger partial charge in [-0.25, -0.2) is 13.1 Å². The predicted molar refractivity (Wildman–Crippen MR) is 79.1 cm³/mol. The molecule has 1 heterocycles. The molecule has 21 heavy (non-hydrogen) atoms. The number of nitrogens with one attached hydrogen (secondary N) is 1. The van der Waals surface area contributed by atoms with Gasteiger partial charge in [-0.3, -0.25) is 4.68 Å². The zero-order chi connectivity index (χ0) is 15.3. The third-order valence-electron chi connectivity index (χ3n) is 3.07. The molecule has 1 unspecified atom stereocenters. The van der Waals surface area contributed by atoms with Crippen molar-refractivity contribution in [2.24, 2.45) is 0 Å². The minimum absolute atomic E-state index is 0.167. The molecular formula is C14H19N3O3S. The van der Waals surface area contributed by atoms with Crippen LogP contribution in [0.5, 0.6) is 0 Å². The smallest absolute Gasteiger partial charge is 0.240 e. The van der Waals surface area contributed by atoms with Crippen LogP contribution in [0, 0.1) is 0 Å². The Labute approximate surface area is 124 Å². The molecule has 0 fully saturated rings. The molecule has 7 heteroatoms. The predicted octanol–water partition coefficient (Wildman–Crippen LogP) is 1.31. The van der Waals surface area contributed by atoms with Gasteiger partial charge in [0.25, 0.3) is 0 Å². The molecule has 6 nitrogen and oxygen atoms in total. The van der Waals surface area contributed by atoms with Gasteiger partial charge < -0.3 is 5.11 Å². The molecule has 0 saturated heterocycles. The van der Waals surface area contributed by atoms with Crippen LogP contribution in [0.2, 0.25) is 0 Å². The maximum absolute atomic E-state index is 12.2. The first-order chi connectivity index (χ1) is 9.99. The van der Waals surface area contributed by atoms with Crippen molar-refractivity contribution in [2.75, 3.05) is 6.54 Å². The molecule has 2 rings (SSSR count). The van der Waals surface area contributed by atoms with Crippen LogP contribution in [0.4, 0.5) is 0 Å². The molecule has 0 saturated carbocycles. The van der Waals surface area contributed by atoms with Crippen LogP contribution in [0.1, 0.15) is 25.0 Å². The van der Waals surface area contributed by atoms with Gasteiger partial charge in [-0.2, -0.15) is 5.10 Å². The van der Waals surface area contributed by atoms with Crippen LogP contribution in [-0.2, 0) is 16.6 Å². The third-order valence-corrected chi connectivity index (χ3v) is 4.52. The number of benzene rings is 1. The Bertz CT molecular complexity index is 667. The molecule has 0 spiro atoms. The Morgan fingerprint density at radius 1 is 1.38 bits per heavy atom. The molecule has 0 amide bonds. The van der Waals surface area contributed by atoms with Crippen LogP contribution < -0.4 is 4.72 Å². The fourth-order valence-corrected chi connectivity index (χ4v) is 3.03. The number of hydrogen-bond donors (Lipinski definition) is 2. The molecule has 0 aliphatic carbocycles. The van der Waals surface area contributed by atoms with Crippen molar-refractivity contribution in [1.29, 1.82) is 0 Å². The van der Waals surface area contributed by atoms with Gasteiger partial charge in [0.15, 0.2) is 0 Å². The van der Waals surface area contributed by atoms with Gasteiger partial charge in [0.05, 0.1) is 11.0 Å². The van der Waals surface area contributed by atoms with Crippen LogP contribution in [0.3, 0.4) is 0 Å². The van der Waals surface area contributed by atoms with E-state index in [-0.39, 0.29) is 4.90 Å². The summed E-state index contributed by atoms with van der Waals surface area (Å²) in [4.78, 5) is 0.167.